The van der Waals surface area contributed by atoms with Gasteiger partial charge < -0.3 is 4.90 Å². The lowest BCUT2D eigenvalue weighted by atomic mass is 10.3. The third-order valence-corrected chi connectivity index (χ3v) is 4.29. The van der Waals surface area contributed by atoms with Crippen LogP contribution in [0.3, 0.4) is 0 Å². The van der Waals surface area contributed by atoms with Crippen LogP contribution in [-0.2, 0) is 0 Å². The molecule has 0 atom stereocenters. The molecule has 4 rings (SSSR count). The molecule has 0 spiro atoms. The van der Waals surface area contributed by atoms with Gasteiger partial charge in [-0.05, 0) is 49.2 Å². The first kappa shape index (κ1) is 15.5. The molecule has 5 nitrogen and oxygen atoms in total. The van der Waals surface area contributed by atoms with Crippen molar-refractivity contribution in [3.63, 3.8) is 0 Å². The highest BCUT2D eigenvalue weighted by Crippen LogP contribution is 2.39. The number of para-hydroxylation sites is 1. The van der Waals surface area contributed by atoms with Crippen LogP contribution in [0.5, 0.6) is 0 Å². The second-order valence-electron chi connectivity index (χ2n) is 6.16. The van der Waals surface area contributed by atoms with Gasteiger partial charge in [-0.1, -0.05) is 18.2 Å². The number of halogens is 1. The van der Waals surface area contributed by atoms with E-state index in [2.05, 4.69) is 10.1 Å². The first-order valence-electron chi connectivity index (χ1n) is 8.19. The van der Waals surface area contributed by atoms with E-state index in [4.69, 9.17) is 0 Å². The monoisotopic (exact) mass is 336 g/mol. The van der Waals surface area contributed by atoms with Gasteiger partial charge >= 0.3 is 0 Å². The Morgan fingerprint density at radius 3 is 2.44 bits per heavy atom. The summed E-state index contributed by atoms with van der Waals surface area (Å²) in [6.45, 7) is 0. The molecule has 6 heteroatoms. The van der Waals surface area contributed by atoms with Gasteiger partial charge in [0.1, 0.15) is 11.6 Å². The van der Waals surface area contributed by atoms with Crippen LogP contribution in [0.1, 0.15) is 35.2 Å². The summed E-state index contributed by atoms with van der Waals surface area (Å²) in [5.74, 6) is 0.667. The van der Waals surface area contributed by atoms with Crippen LogP contribution in [0.2, 0.25) is 0 Å². The van der Waals surface area contributed by atoms with E-state index < -0.39 is 0 Å². The van der Waals surface area contributed by atoms with E-state index >= 15 is 0 Å². The SMILES string of the molecule is CN(C(=O)c1nc(C2CC2)n(-c2ccccc2)n1)c1ccc(F)cc1. The molecule has 1 amide bonds. The minimum absolute atomic E-state index is 0.151. The number of amides is 1. The van der Waals surface area contributed by atoms with Gasteiger partial charge in [-0.15, -0.1) is 5.10 Å². The summed E-state index contributed by atoms with van der Waals surface area (Å²) in [6, 6.07) is 15.4. The summed E-state index contributed by atoms with van der Waals surface area (Å²) in [7, 11) is 1.63. The van der Waals surface area contributed by atoms with Gasteiger partial charge in [0.05, 0.1) is 5.69 Å². The van der Waals surface area contributed by atoms with Crippen LogP contribution >= 0.6 is 0 Å². The third kappa shape index (κ3) is 3.03. The molecule has 1 fully saturated rings. The van der Waals surface area contributed by atoms with Crippen molar-refractivity contribution in [1.82, 2.24) is 14.8 Å². The number of anilines is 1. The normalized spacial score (nSPS) is 13.7. The van der Waals surface area contributed by atoms with Gasteiger partial charge in [0, 0.05) is 18.7 Å². The summed E-state index contributed by atoms with van der Waals surface area (Å²) in [5, 5.41) is 4.45. The average Bonchev–Trinajstić information content (AvgIpc) is 3.40. The molecule has 0 saturated heterocycles. The van der Waals surface area contributed by atoms with Gasteiger partial charge in [0.15, 0.2) is 0 Å². The number of aromatic nitrogens is 3. The Balaban J connectivity index is 1.68. The van der Waals surface area contributed by atoms with Crippen molar-refractivity contribution >= 4 is 11.6 Å². The van der Waals surface area contributed by atoms with Crippen LogP contribution in [0.25, 0.3) is 5.69 Å². The van der Waals surface area contributed by atoms with Crippen molar-refractivity contribution in [1.29, 1.82) is 0 Å². The van der Waals surface area contributed by atoms with E-state index in [1.807, 2.05) is 30.3 Å². The summed E-state index contributed by atoms with van der Waals surface area (Å²) < 4.78 is 14.8. The fourth-order valence-corrected chi connectivity index (χ4v) is 2.71. The topological polar surface area (TPSA) is 51.0 Å². The maximum Gasteiger partial charge on any atom is 0.297 e. The number of benzene rings is 2. The first-order valence-corrected chi connectivity index (χ1v) is 8.19. The van der Waals surface area contributed by atoms with Crippen molar-refractivity contribution in [2.45, 2.75) is 18.8 Å². The maximum absolute atomic E-state index is 13.1. The molecule has 0 radical (unpaired) electrons. The lowest BCUT2D eigenvalue weighted by molar-refractivity contribution is 0.0983. The maximum atomic E-state index is 13.1. The van der Waals surface area contributed by atoms with E-state index in [0.29, 0.717) is 11.6 Å². The molecule has 25 heavy (non-hydrogen) atoms. The third-order valence-electron chi connectivity index (χ3n) is 4.29. The van der Waals surface area contributed by atoms with Gasteiger partial charge in [-0.2, -0.15) is 0 Å². The second-order valence-corrected chi connectivity index (χ2v) is 6.16. The second kappa shape index (κ2) is 6.12. The number of rotatable bonds is 4. The van der Waals surface area contributed by atoms with Crippen LogP contribution < -0.4 is 4.90 Å². The Hall–Kier alpha value is -3.02. The lowest BCUT2D eigenvalue weighted by Crippen LogP contribution is -2.27. The van der Waals surface area contributed by atoms with Gasteiger partial charge in [-0.3, -0.25) is 4.79 Å². The number of carbonyl (C=O) groups is 1. The lowest BCUT2D eigenvalue weighted by Gasteiger charge is -2.15. The Morgan fingerprint density at radius 1 is 1.12 bits per heavy atom. The van der Waals surface area contributed by atoms with E-state index in [-0.39, 0.29) is 17.5 Å². The predicted octanol–water partition coefficient (Wildman–Crippen LogP) is 3.56. The highest BCUT2D eigenvalue weighted by atomic mass is 19.1. The van der Waals surface area contributed by atoms with Crippen molar-refractivity contribution in [2.75, 3.05) is 11.9 Å². The number of hydrogen-bond acceptors (Lipinski definition) is 3. The largest absolute Gasteiger partial charge is 0.309 e. The van der Waals surface area contributed by atoms with Gasteiger partial charge in [0.25, 0.3) is 5.91 Å². The zero-order valence-corrected chi connectivity index (χ0v) is 13.8. The van der Waals surface area contributed by atoms with Gasteiger partial charge in [0.2, 0.25) is 5.82 Å². The van der Waals surface area contributed by atoms with Crippen molar-refractivity contribution in [3.8, 4) is 5.69 Å². The van der Waals surface area contributed by atoms with Crippen molar-refractivity contribution in [2.24, 2.45) is 0 Å². The minimum atomic E-state index is -0.341. The zero-order chi connectivity index (χ0) is 17.4. The Kier molecular flexibility index (Phi) is 3.80. The number of hydrogen-bond donors (Lipinski definition) is 0. The predicted molar refractivity (Wildman–Crippen MR) is 92.5 cm³/mol. The fraction of sp³-hybridized carbons (Fsp3) is 0.211. The van der Waals surface area contributed by atoms with E-state index in [0.717, 1.165) is 24.4 Å². The Morgan fingerprint density at radius 2 is 1.80 bits per heavy atom. The summed E-state index contributed by atoms with van der Waals surface area (Å²) in [6.07, 6.45) is 2.12. The number of carbonyl (C=O) groups excluding carboxylic acids is 1. The van der Waals surface area contributed by atoms with Gasteiger partial charge in [-0.25, -0.2) is 14.1 Å². The Labute approximate surface area is 144 Å². The molecule has 0 unspecified atom stereocenters. The quantitative estimate of drug-likeness (QED) is 0.732. The molecule has 3 aromatic rings. The molecule has 1 aromatic heterocycles. The molecule has 1 saturated carbocycles. The molecular weight excluding hydrogens is 319 g/mol. The van der Waals surface area contributed by atoms with Crippen LogP contribution in [0.4, 0.5) is 10.1 Å². The first-order chi connectivity index (χ1) is 12.1. The molecule has 0 aliphatic heterocycles. The van der Waals surface area contributed by atoms with Crippen molar-refractivity contribution < 1.29 is 9.18 Å². The van der Waals surface area contributed by atoms with Crippen molar-refractivity contribution in [3.05, 3.63) is 72.1 Å². The van der Waals surface area contributed by atoms with E-state index in [1.54, 1.807) is 23.9 Å². The molecule has 1 heterocycles. The Bertz CT molecular complexity index is 901. The standard InChI is InChI=1S/C19H17FN4O/c1-23(15-11-9-14(20)10-12-15)19(25)17-21-18(13-7-8-13)24(22-17)16-5-3-2-4-6-16/h2-6,9-13H,7-8H2,1H3. The zero-order valence-electron chi connectivity index (χ0n) is 13.8. The minimum Gasteiger partial charge on any atom is -0.309 e. The fourth-order valence-electron chi connectivity index (χ4n) is 2.71. The van der Waals surface area contributed by atoms with E-state index in [1.165, 1.54) is 17.0 Å². The highest BCUT2D eigenvalue weighted by Gasteiger charge is 2.32. The molecule has 1 aliphatic carbocycles. The summed E-state index contributed by atoms with van der Waals surface area (Å²) >= 11 is 0. The molecule has 1 aliphatic rings. The number of nitrogens with zero attached hydrogens (tertiary/aromatic N) is 4. The molecule has 126 valence electrons. The molecule has 2 aromatic carbocycles. The highest BCUT2D eigenvalue weighted by molar-refractivity contribution is 6.03. The smallest absolute Gasteiger partial charge is 0.297 e. The molecule has 0 bridgehead atoms. The average molecular weight is 336 g/mol. The summed E-state index contributed by atoms with van der Waals surface area (Å²) in [5.41, 5.74) is 1.48. The van der Waals surface area contributed by atoms with Crippen LogP contribution in [0.15, 0.2) is 54.6 Å². The van der Waals surface area contributed by atoms with E-state index in [9.17, 15) is 9.18 Å². The molecule has 0 N–H and O–H groups in total. The summed E-state index contributed by atoms with van der Waals surface area (Å²) in [4.78, 5) is 18.7. The van der Waals surface area contributed by atoms with Crippen LogP contribution in [0, 0.1) is 5.82 Å². The molecular formula is C19H17FN4O. The van der Waals surface area contributed by atoms with Crippen LogP contribution in [-0.4, -0.2) is 27.7 Å².